The monoisotopic (exact) mass is 770 g/mol. The maximum absolute atomic E-state index is 2.42. The van der Waals surface area contributed by atoms with Crippen molar-refractivity contribution in [3.63, 3.8) is 0 Å². The third-order valence-corrected chi connectivity index (χ3v) is 11.9. The fourth-order valence-electron chi connectivity index (χ4n) is 8.68. The molecule has 0 aliphatic rings. The Labute approximate surface area is 353 Å². The average molecular weight is 771 g/mol. The molecule has 10 aromatic carbocycles. The van der Waals surface area contributed by atoms with Crippen molar-refractivity contribution in [3.8, 4) is 22.3 Å². The molecule has 2 heteroatoms. The van der Waals surface area contributed by atoms with Crippen LogP contribution in [0.1, 0.15) is 22.3 Å². The fourth-order valence-corrected chi connectivity index (χ4v) is 8.68. The molecular weight excluding hydrogens is 725 g/mol. The third-order valence-electron chi connectivity index (χ3n) is 11.9. The highest BCUT2D eigenvalue weighted by Crippen LogP contribution is 2.44. The molecule has 0 N–H and O–H groups in total. The number of rotatable bonds is 8. The number of hydrogen-bond donors (Lipinski definition) is 0. The highest BCUT2D eigenvalue weighted by Gasteiger charge is 2.18. The van der Waals surface area contributed by atoms with Gasteiger partial charge in [-0.25, -0.2) is 0 Å². The molecule has 0 heterocycles. The molecule has 60 heavy (non-hydrogen) atoms. The molecule has 0 aliphatic carbocycles. The summed E-state index contributed by atoms with van der Waals surface area (Å²) in [5.41, 5.74) is 16.6. The Bertz CT molecular complexity index is 2820. The maximum Gasteiger partial charge on any atom is 0.0462 e. The van der Waals surface area contributed by atoms with Gasteiger partial charge in [-0.1, -0.05) is 144 Å². The molecule has 0 aliphatic heterocycles. The van der Waals surface area contributed by atoms with Crippen molar-refractivity contribution in [1.82, 2.24) is 0 Å². The van der Waals surface area contributed by atoms with Crippen molar-refractivity contribution in [3.05, 3.63) is 229 Å². The molecule has 0 fully saturated rings. The minimum atomic E-state index is 1.12. The minimum Gasteiger partial charge on any atom is -0.311 e. The normalized spacial score (nSPS) is 11.3. The smallest absolute Gasteiger partial charge is 0.0462 e. The maximum atomic E-state index is 2.42. The molecule has 0 unspecified atom stereocenters. The van der Waals surface area contributed by atoms with Crippen LogP contribution in [0.15, 0.2) is 206 Å². The van der Waals surface area contributed by atoms with E-state index in [1.807, 2.05) is 0 Å². The second-order valence-electron chi connectivity index (χ2n) is 16.1. The summed E-state index contributed by atoms with van der Waals surface area (Å²) in [4.78, 5) is 4.68. The van der Waals surface area contributed by atoms with E-state index in [-0.39, 0.29) is 0 Å². The molecule has 0 amide bonds. The SMILES string of the molecule is Cc1ccc(N(c2ccc(C)cc2)c2ccc(-c3cc4c5ccccc5c(-c5ccc(N(c6ccc(C)cc6)c6ccc(C)cc6)cc5)cc4c4ccccc34)cc2)cc1. The number of benzene rings is 10. The highest BCUT2D eigenvalue weighted by molar-refractivity contribution is 6.23. The predicted molar refractivity (Wildman–Crippen MR) is 258 cm³/mol. The molecule has 2 nitrogen and oxygen atoms in total. The van der Waals surface area contributed by atoms with Gasteiger partial charge in [0.25, 0.3) is 0 Å². The Morgan fingerprint density at radius 3 is 0.733 bits per heavy atom. The van der Waals surface area contributed by atoms with E-state index in [4.69, 9.17) is 0 Å². The lowest BCUT2D eigenvalue weighted by Crippen LogP contribution is -2.09. The van der Waals surface area contributed by atoms with E-state index < -0.39 is 0 Å². The van der Waals surface area contributed by atoms with Crippen LogP contribution in [0.5, 0.6) is 0 Å². The Kier molecular flexibility index (Phi) is 9.47. The number of nitrogens with zero attached hydrogens (tertiary/aromatic N) is 2. The van der Waals surface area contributed by atoms with Crippen LogP contribution in [-0.4, -0.2) is 0 Å². The molecule has 288 valence electrons. The average Bonchev–Trinajstić information content (AvgIpc) is 3.29. The lowest BCUT2D eigenvalue weighted by molar-refractivity contribution is 1.27. The molecular formula is C58H46N2. The summed E-state index contributed by atoms with van der Waals surface area (Å²) in [7, 11) is 0. The molecule has 0 bridgehead atoms. The van der Waals surface area contributed by atoms with Gasteiger partial charge >= 0.3 is 0 Å². The Hall–Kier alpha value is -7.42. The van der Waals surface area contributed by atoms with Gasteiger partial charge in [-0.15, -0.1) is 0 Å². The number of aryl methyl sites for hydroxylation is 4. The van der Waals surface area contributed by atoms with E-state index >= 15 is 0 Å². The Morgan fingerprint density at radius 1 is 0.233 bits per heavy atom. The van der Waals surface area contributed by atoms with Crippen LogP contribution in [0.25, 0.3) is 54.6 Å². The molecule has 0 aromatic heterocycles. The van der Waals surface area contributed by atoms with Gasteiger partial charge in [0, 0.05) is 34.1 Å². The summed E-state index contributed by atoms with van der Waals surface area (Å²) in [6, 6.07) is 75.9. The molecule has 0 saturated carbocycles. The zero-order valence-electron chi connectivity index (χ0n) is 34.5. The number of hydrogen-bond acceptors (Lipinski definition) is 2. The van der Waals surface area contributed by atoms with E-state index in [2.05, 4.69) is 244 Å². The van der Waals surface area contributed by atoms with Crippen molar-refractivity contribution in [2.24, 2.45) is 0 Å². The Morgan fingerprint density at radius 2 is 0.467 bits per heavy atom. The molecule has 0 spiro atoms. The quantitative estimate of drug-likeness (QED) is 0.142. The first-order chi connectivity index (χ1) is 29.4. The third kappa shape index (κ3) is 6.86. The first-order valence-electron chi connectivity index (χ1n) is 20.8. The molecule has 0 saturated heterocycles. The fraction of sp³-hybridized carbons (Fsp3) is 0.0690. The van der Waals surface area contributed by atoms with Gasteiger partial charge in [-0.05, 0) is 167 Å². The summed E-state index contributed by atoms with van der Waals surface area (Å²) >= 11 is 0. The second-order valence-corrected chi connectivity index (χ2v) is 16.1. The van der Waals surface area contributed by atoms with Crippen LogP contribution < -0.4 is 9.80 Å². The number of fused-ring (bicyclic) bond motifs is 5. The van der Waals surface area contributed by atoms with Crippen molar-refractivity contribution in [2.45, 2.75) is 27.7 Å². The summed E-state index contributed by atoms with van der Waals surface area (Å²) in [5, 5.41) is 7.52. The summed E-state index contributed by atoms with van der Waals surface area (Å²) in [6.45, 7) is 8.55. The summed E-state index contributed by atoms with van der Waals surface area (Å²) in [5.74, 6) is 0. The van der Waals surface area contributed by atoms with Gasteiger partial charge < -0.3 is 9.80 Å². The molecule has 10 aromatic rings. The van der Waals surface area contributed by atoms with Crippen LogP contribution in [0.3, 0.4) is 0 Å². The predicted octanol–water partition coefficient (Wildman–Crippen LogP) is 16.7. The van der Waals surface area contributed by atoms with Gasteiger partial charge in [0.1, 0.15) is 0 Å². The molecule has 0 radical (unpaired) electrons. The van der Waals surface area contributed by atoms with E-state index in [0.29, 0.717) is 0 Å². The van der Waals surface area contributed by atoms with E-state index in [0.717, 1.165) is 34.1 Å². The van der Waals surface area contributed by atoms with E-state index in [1.165, 1.54) is 76.8 Å². The Balaban J connectivity index is 1.08. The van der Waals surface area contributed by atoms with Crippen LogP contribution in [0.4, 0.5) is 34.1 Å². The van der Waals surface area contributed by atoms with Crippen LogP contribution in [0.2, 0.25) is 0 Å². The van der Waals surface area contributed by atoms with Crippen molar-refractivity contribution < 1.29 is 0 Å². The number of anilines is 6. The zero-order chi connectivity index (χ0) is 40.7. The van der Waals surface area contributed by atoms with Gasteiger partial charge in [-0.3, -0.25) is 0 Å². The standard InChI is InChI=1S/C58H46N2/c1-39-13-25-45(26-14-39)59(46-27-15-40(2)16-28-46)49-33-21-43(22-34-49)55-37-57-54-12-8-6-10-52(54)56(38-58(57)53-11-7-5-9-51(53)55)44-23-35-50(36-24-44)60(47-29-17-41(3)18-30-47)48-31-19-42(4)20-32-48/h5-38H,1-4H3. The topological polar surface area (TPSA) is 6.48 Å². The van der Waals surface area contributed by atoms with Crippen LogP contribution in [-0.2, 0) is 0 Å². The summed E-state index contributed by atoms with van der Waals surface area (Å²) < 4.78 is 0. The van der Waals surface area contributed by atoms with Gasteiger partial charge in [0.05, 0.1) is 0 Å². The van der Waals surface area contributed by atoms with Crippen molar-refractivity contribution >= 4 is 66.4 Å². The van der Waals surface area contributed by atoms with Gasteiger partial charge in [-0.2, -0.15) is 0 Å². The first kappa shape index (κ1) is 36.9. The lowest BCUT2D eigenvalue weighted by atomic mass is 9.87. The van der Waals surface area contributed by atoms with Crippen molar-refractivity contribution in [1.29, 1.82) is 0 Å². The minimum absolute atomic E-state index is 1.12. The van der Waals surface area contributed by atoms with E-state index in [9.17, 15) is 0 Å². The summed E-state index contributed by atoms with van der Waals surface area (Å²) in [6.07, 6.45) is 0. The van der Waals surface area contributed by atoms with E-state index in [1.54, 1.807) is 0 Å². The zero-order valence-corrected chi connectivity index (χ0v) is 34.5. The largest absolute Gasteiger partial charge is 0.311 e. The van der Waals surface area contributed by atoms with Crippen molar-refractivity contribution in [2.75, 3.05) is 9.80 Å². The van der Waals surface area contributed by atoms with Crippen LogP contribution in [0, 0.1) is 27.7 Å². The van der Waals surface area contributed by atoms with Gasteiger partial charge in [0.15, 0.2) is 0 Å². The molecule has 10 rings (SSSR count). The van der Waals surface area contributed by atoms with Crippen LogP contribution >= 0.6 is 0 Å². The first-order valence-corrected chi connectivity index (χ1v) is 20.8. The van der Waals surface area contributed by atoms with Gasteiger partial charge in [0.2, 0.25) is 0 Å². The highest BCUT2D eigenvalue weighted by atomic mass is 15.1. The lowest BCUT2D eigenvalue weighted by Gasteiger charge is -2.26. The molecule has 0 atom stereocenters. The second kappa shape index (κ2) is 15.4.